The van der Waals surface area contributed by atoms with Crippen LogP contribution in [0.15, 0.2) is 28.6 Å². The molecule has 0 saturated heterocycles. The molecule has 1 atom stereocenters. The van der Waals surface area contributed by atoms with Gasteiger partial charge in [0.15, 0.2) is 6.17 Å². The molecule has 0 aromatic carbocycles. The molecule has 0 aliphatic carbocycles. The molecule has 1 aliphatic heterocycles. The molecule has 0 N–H and O–H groups in total. The Balaban J connectivity index is 2.26. The van der Waals surface area contributed by atoms with Crippen molar-refractivity contribution in [2.75, 3.05) is 6.61 Å². The highest BCUT2D eigenvalue weighted by molar-refractivity contribution is 7.80. The van der Waals surface area contributed by atoms with Crippen LogP contribution in [0, 0.1) is 6.92 Å². The first-order chi connectivity index (χ1) is 8.63. The Labute approximate surface area is 109 Å². The Kier molecular flexibility index (Phi) is 3.61. The highest BCUT2D eigenvalue weighted by Crippen LogP contribution is 2.19. The average Bonchev–Trinajstić information content (AvgIpc) is 2.73. The maximum atomic E-state index is 11.6. The normalized spacial score (nSPS) is 18.1. The quantitative estimate of drug-likeness (QED) is 0.620. The third kappa shape index (κ3) is 2.35. The Hall–Kier alpha value is -1.89. The Morgan fingerprint density at radius 2 is 2.39 bits per heavy atom. The fraction of sp³-hybridized carbons (Fsp3) is 0.364. The molecule has 0 saturated carbocycles. The second kappa shape index (κ2) is 5.18. The van der Waals surface area contributed by atoms with Crippen LogP contribution in [0.25, 0.3) is 0 Å². The van der Waals surface area contributed by atoms with Crippen LogP contribution in [0.5, 0.6) is 0 Å². The zero-order chi connectivity index (χ0) is 13.1. The molecule has 7 heteroatoms. The summed E-state index contributed by atoms with van der Waals surface area (Å²) in [5, 5.41) is 12.0. The van der Waals surface area contributed by atoms with Gasteiger partial charge in [-0.05, 0) is 26.0 Å². The van der Waals surface area contributed by atoms with E-state index < -0.39 is 0 Å². The van der Waals surface area contributed by atoms with Crippen molar-refractivity contribution in [2.45, 2.75) is 20.0 Å². The minimum atomic E-state index is -0.381. The molecule has 0 radical (unpaired) electrons. The lowest BCUT2D eigenvalue weighted by Crippen LogP contribution is -2.12. The summed E-state index contributed by atoms with van der Waals surface area (Å²) in [6.07, 6.45) is 4.59. The van der Waals surface area contributed by atoms with E-state index in [9.17, 15) is 4.79 Å². The van der Waals surface area contributed by atoms with Gasteiger partial charge in [-0.3, -0.25) is 0 Å². The van der Waals surface area contributed by atoms with Crippen LogP contribution in [0.4, 0.5) is 0 Å². The maximum Gasteiger partial charge on any atom is 0.341 e. The standard InChI is InChI=1S/C11H12N4O2S/c1-3-17-11(16)8-6-12-15(7(8)2)9-4-5-10(18)14-13-9/h4-6,9H,3H2,1-2H3. The monoisotopic (exact) mass is 264 g/mol. The summed E-state index contributed by atoms with van der Waals surface area (Å²) in [5.41, 5.74) is 1.13. The third-order valence-corrected chi connectivity index (χ3v) is 2.69. The van der Waals surface area contributed by atoms with Crippen molar-refractivity contribution in [3.63, 3.8) is 0 Å². The van der Waals surface area contributed by atoms with Crippen LogP contribution >= 0.6 is 12.2 Å². The average molecular weight is 264 g/mol. The lowest BCUT2D eigenvalue weighted by Gasteiger charge is -2.12. The maximum absolute atomic E-state index is 11.6. The first-order valence-electron chi connectivity index (χ1n) is 5.47. The van der Waals surface area contributed by atoms with Crippen LogP contribution < -0.4 is 0 Å². The number of ether oxygens (including phenoxy) is 1. The van der Waals surface area contributed by atoms with Crippen molar-refractivity contribution in [1.29, 1.82) is 0 Å². The first kappa shape index (κ1) is 12.6. The van der Waals surface area contributed by atoms with E-state index in [-0.39, 0.29) is 12.1 Å². The highest BCUT2D eigenvalue weighted by Gasteiger charge is 2.19. The number of esters is 1. The van der Waals surface area contributed by atoms with Crippen molar-refractivity contribution in [1.82, 2.24) is 9.78 Å². The second-order valence-electron chi connectivity index (χ2n) is 3.64. The second-order valence-corrected chi connectivity index (χ2v) is 4.05. The zero-order valence-corrected chi connectivity index (χ0v) is 10.8. The van der Waals surface area contributed by atoms with Crippen LogP contribution in [0.2, 0.25) is 0 Å². The minimum absolute atomic E-state index is 0.334. The molecule has 6 nitrogen and oxygen atoms in total. The molecule has 18 heavy (non-hydrogen) atoms. The largest absolute Gasteiger partial charge is 0.462 e. The van der Waals surface area contributed by atoms with Gasteiger partial charge >= 0.3 is 5.97 Å². The van der Waals surface area contributed by atoms with E-state index in [2.05, 4.69) is 15.3 Å². The SMILES string of the molecule is CCOC(=O)c1cnn(C2C=CC(=S)N=N2)c1C. The van der Waals surface area contributed by atoms with Gasteiger partial charge < -0.3 is 4.74 Å². The van der Waals surface area contributed by atoms with E-state index in [1.54, 1.807) is 30.7 Å². The number of nitrogens with zero attached hydrogens (tertiary/aromatic N) is 4. The van der Waals surface area contributed by atoms with Gasteiger partial charge in [-0.2, -0.15) is 10.2 Å². The molecule has 2 rings (SSSR count). The van der Waals surface area contributed by atoms with Crippen LogP contribution in [-0.2, 0) is 4.74 Å². The van der Waals surface area contributed by atoms with Gasteiger partial charge in [-0.1, -0.05) is 12.2 Å². The van der Waals surface area contributed by atoms with Crippen LogP contribution in [0.1, 0.15) is 29.1 Å². The molecule has 1 unspecified atom stereocenters. The van der Waals surface area contributed by atoms with Crippen molar-refractivity contribution < 1.29 is 9.53 Å². The summed E-state index contributed by atoms with van der Waals surface area (Å²) < 4.78 is 6.55. The number of thiocarbonyl (C=S) groups is 1. The van der Waals surface area contributed by atoms with Gasteiger partial charge in [0.1, 0.15) is 10.6 Å². The number of aromatic nitrogens is 2. The number of hydrogen-bond donors (Lipinski definition) is 0. The molecule has 0 fully saturated rings. The fourth-order valence-corrected chi connectivity index (χ4v) is 1.71. The van der Waals surface area contributed by atoms with Gasteiger partial charge in [0.05, 0.1) is 18.5 Å². The minimum Gasteiger partial charge on any atom is -0.462 e. The molecule has 1 aromatic heterocycles. The summed E-state index contributed by atoms with van der Waals surface area (Å²) in [6, 6.07) is 0. The highest BCUT2D eigenvalue weighted by atomic mass is 32.1. The molecule has 0 spiro atoms. The summed E-state index contributed by atoms with van der Waals surface area (Å²) in [6.45, 7) is 3.88. The predicted molar refractivity (Wildman–Crippen MR) is 68.6 cm³/mol. The predicted octanol–water partition coefficient (Wildman–Crippen LogP) is 2.22. The molecule has 0 amide bonds. The van der Waals surface area contributed by atoms with E-state index >= 15 is 0 Å². The molecule has 1 aromatic rings. The molecule has 94 valence electrons. The Bertz CT molecular complexity index is 531. The van der Waals surface area contributed by atoms with Gasteiger partial charge in [-0.15, -0.1) is 5.11 Å². The van der Waals surface area contributed by atoms with E-state index in [0.29, 0.717) is 22.9 Å². The number of carbonyl (C=O) groups is 1. The van der Waals surface area contributed by atoms with Gasteiger partial charge in [0.2, 0.25) is 0 Å². The Morgan fingerprint density at radius 1 is 1.61 bits per heavy atom. The molecule has 0 bridgehead atoms. The molecule has 2 heterocycles. The van der Waals surface area contributed by atoms with Crippen LogP contribution in [-0.4, -0.2) is 27.3 Å². The molecular formula is C11H12N4O2S. The summed E-state index contributed by atoms with van der Waals surface area (Å²) in [4.78, 5) is 12.1. The van der Waals surface area contributed by atoms with E-state index in [0.717, 1.165) is 0 Å². The lowest BCUT2D eigenvalue weighted by atomic mass is 10.2. The first-order valence-corrected chi connectivity index (χ1v) is 5.88. The fourth-order valence-electron chi connectivity index (χ4n) is 1.59. The summed E-state index contributed by atoms with van der Waals surface area (Å²) >= 11 is 4.87. The smallest absolute Gasteiger partial charge is 0.341 e. The Morgan fingerprint density at radius 3 is 3.00 bits per heavy atom. The van der Waals surface area contributed by atoms with E-state index in [1.807, 2.05) is 0 Å². The van der Waals surface area contributed by atoms with Gasteiger partial charge in [0.25, 0.3) is 0 Å². The van der Waals surface area contributed by atoms with Crippen molar-refractivity contribution >= 4 is 23.2 Å². The van der Waals surface area contributed by atoms with E-state index in [4.69, 9.17) is 17.0 Å². The summed E-state index contributed by atoms with van der Waals surface area (Å²) in [7, 11) is 0. The summed E-state index contributed by atoms with van der Waals surface area (Å²) in [5.74, 6) is -0.381. The third-order valence-electron chi connectivity index (χ3n) is 2.48. The van der Waals surface area contributed by atoms with E-state index in [1.165, 1.54) is 6.20 Å². The van der Waals surface area contributed by atoms with Gasteiger partial charge in [-0.25, -0.2) is 9.48 Å². The van der Waals surface area contributed by atoms with Crippen LogP contribution in [0.3, 0.4) is 0 Å². The number of carbonyl (C=O) groups excluding carboxylic acids is 1. The van der Waals surface area contributed by atoms with Crippen molar-refractivity contribution in [2.24, 2.45) is 10.2 Å². The van der Waals surface area contributed by atoms with Crippen molar-refractivity contribution in [3.05, 3.63) is 29.6 Å². The topological polar surface area (TPSA) is 68.8 Å². The number of azo groups is 1. The zero-order valence-electron chi connectivity index (χ0n) is 10.0. The molecule has 1 aliphatic rings. The number of rotatable bonds is 3. The van der Waals surface area contributed by atoms with Crippen molar-refractivity contribution in [3.8, 4) is 0 Å². The van der Waals surface area contributed by atoms with Gasteiger partial charge in [0, 0.05) is 0 Å². The molecular weight excluding hydrogens is 252 g/mol. The number of hydrogen-bond acceptors (Lipinski definition) is 5. The lowest BCUT2D eigenvalue weighted by molar-refractivity contribution is 0.0525.